The Morgan fingerprint density at radius 2 is 1.15 bits per heavy atom. The number of carbonyl (C=O) groups is 6. The van der Waals surface area contributed by atoms with Gasteiger partial charge in [-0.3, -0.25) is 37.9 Å². The first-order valence-electron chi connectivity index (χ1n) is 21.3. The van der Waals surface area contributed by atoms with Gasteiger partial charge in [-0.05, 0) is 51.2 Å². The number of benzene rings is 1. The molecule has 0 aliphatic heterocycles. The summed E-state index contributed by atoms with van der Waals surface area (Å²) in [6.07, 6.45) is 13.4. The molecule has 0 saturated carbocycles. The summed E-state index contributed by atoms with van der Waals surface area (Å²) >= 11 is 0. The summed E-state index contributed by atoms with van der Waals surface area (Å²) in [5.41, 5.74) is 6.90. The molecule has 0 saturated heterocycles. The fourth-order valence-corrected chi connectivity index (χ4v) is 7.77. The highest BCUT2D eigenvalue weighted by atomic mass is 32.2. The van der Waals surface area contributed by atoms with E-state index in [1.165, 1.54) is 7.40 Å². The standard InChI is InChI=1S/C39H64N4O13S2.CH4.FHO/c1-29-21-23-30(24-22-29)38(49)41-25-17-16-18-32(37(40)48)43-39(50)31(27-57(51,52)53)26-34(44)33(28-58(54,55)56)42-35(45)19-14-12-10-8-6-4-2-3-5-7-9-11-13-15-20-36(46)47;;1-2/h21-24,31-33H,2-20,25-28H2,1H3,(H2,40,48)(H,41,49)(H,42,45)(H,43,50)(H,46,47)(H,51,52,53)(H,54,55,56);1H4;2H/i;1T;. The molecule has 61 heavy (non-hydrogen) atoms. The van der Waals surface area contributed by atoms with Crippen LogP contribution >= 0.6 is 0 Å². The summed E-state index contributed by atoms with van der Waals surface area (Å²) in [6.45, 7) is 2.12. The fourth-order valence-electron chi connectivity index (χ4n) is 6.30. The Morgan fingerprint density at radius 1 is 0.689 bits per heavy atom. The molecule has 1 aromatic carbocycles. The predicted molar refractivity (Wildman–Crippen MR) is 228 cm³/mol. The monoisotopic (exact) mass is 914 g/mol. The molecule has 1 rings (SSSR count). The quantitative estimate of drug-likeness (QED) is 0.0348. The molecule has 18 nitrogen and oxygen atoms in total. The summed E-state index contributed by atoms with van der Waals surface area (Å²) in [5, 5.41) is 21.4. The first kappa shape index (κ1) is 57.0. The first-order chi connectivity index (χ1) is 29.3. The number of hydrogen-bond donors (Lipinski definition) is 8. The van der Waals surface area contributed by atoms with Crippen molar-refractivity contribution in [2.75, 3.05) is 18.1 Å². The van der Waals surface area contributed by atoms with Gasteiger partial charge >= 0.3 is 5.97 Å². The number of Topliss-reactive ketones (excluding diaryl/α,β-unsaturated/α-hetero) is 1. The van der Waals surface area contributed by atoms with Gasteiger partial charge in [0, 0.05) is 32.7 Å². The molecule has 0 heterocycles. The van der Waals surface area contributed by atoms with E-state index in [2.05, 4.69) is 16.0 Å². The Morgan fingerprint density at radius 3 is 1.59 bits per heavy atom. The van der Waals surface area contributed by atoms with E-state index in [4.69, 9.17) is 22.0 Å². The number of amides is 4. The van der Waals surface area contributed by atoms with E-state index in [1.54, 1.807) is 24.3 Å². The van der Waals surface area contributed by atoms with E-state index in [0.29, 0.717) is 24.8 Å². The van der Waals surface area contributed by atoms with Crippen LogP contribution in [0.3, 0.4) is 0 Å². The molecule has 3 atom stereocenters. The van der Waals surface area contributed by atoms with E-state index in [1.807, 2.05) is 6.92 Å². The van der Waals surface area contributed by atoms with Gasteiger partial charge in [0.05, 0.1) is 11.7 Å². The topological polar surface area (TPSA) is 314 Å². The Kier molecular flexibility index (Phi) is 31.3. The lowest BCUT2D eigenvalue weighted by atomic mass is 9.98. The molecule has 21 heteroatoms. The fraction of sp³-hybridized carbons (Fsp3) is 0.700. The predicted octanol–water partition coefficient (Wildman–Crippen LogP) is 4.53. The number of halogens is 1. The summed E-state index contributed by atoms with van der Waals surface area (Å²) in [4.78, 5) is 74.1. The molecular formula is C40H69FN4O14S2. The highest BCUT2D eigenvalue weighted by Gasteiger charge is 2.34. The van der Waals surface area contributed by atoms with Crippen LogP contribution in [0.5, 0.6) is 0 Å². The minimum Gasteiger partial charge on any atom is -0.481 e. The number of nitrogens with two attached hydrogens (primary N) is 1. The third kappa shape index (κ3) is 32.4. The molecule has 4 amide bonds. The van der Waals surface area contributed by atoms with Crippen molar-refractivity contribution < 1.29 is 71.0 Å². The molecule has 0 bridgehead atoms. The van der Waals surface area contributed by atoms with E-state index < -0.39 is 85.6 Å². The number of carbonyl (C=O) groups excluding carboxylic acids is 5. The highest BCUT2D eigenvalue weighted by Crippen LogP contribution is 2.16. The molecule has 1 aromatic rings. The van der Waals surface area contributed by atoms with Crippen molar-refractivity contribution in [3.8, 4) is 0 Å². The van der Waals surface area contributed by atoms with Crippen LogP contribution in [0.2, 0.25) is 0 Å². The number of unbranched alkanes of at least 4 members (excludes halogenated alkanes) is 14. The van der Waals surface area contributed by atoms with Gasteiger partial charge in [0.2, 0.25) is 17.7 Å². The number of primary amides is 1. The van der Waals surface area contributed by atoms with Crippen LogP contribution in [0.4, 0.5) is 4.53 Å². The summed E-state index contributed by atoms with van der Waals surface area (Å²) in [7, 11) is -8.47. The molecule has 0 spiro atoms. The molecule has 0 fully saturated rings. The van der Waals surface area contributed by atoms with Gasteiger partial charge in [-0.1, -0.05) is 107 Å². The van der Waals surface area contributed by atoms with Gasteiger partial charge in [0.15, 0.2) is 5.78 Å². The van der Waals surface area contributed by atoms with Gasteiger partial charge in [-0.2, -0.15) is 16.8 Å². The lowest BCUT2D eigenvalue weighted by molar-refractivity contribution is -0.137. The molecule has 0 aliphatic rings. The first-order valence-corrected chi connectivity index (χ1v) is 23.5. The zero-order valence-corrected chi connectivity index (χ0v) is 37.1. The molecule has 3 unspecified atom stereocenters. The largest absolute Gasteiger partial charge is 0.481 e. The van der Waals surface area contributed by atoms with Crippen LogP contribution in [0.25, 0.3) is 0 Å². The van der Waals surface area contributed by atoms with Crippen molar-refractivity contribution in [1.82, 2.24) is 16.0 Å². The average molecular weight is 915 g/mol. The zero-order chi connectivity index (χ0) is 47.6. The third-order valence-corrected chi connectivity index (χ3v) is 11.1. The number of hydrogen-bond acceptors (Lipinski definition) is 11. The van der Waals surface area contributed by atoms with Gasteiger partial charge in [0.25, 0.3) is 26.1 Å². The number of ketones is 1. The Hall–Kier alpha value is -4.05. The minimum absolute atomic E-state index is 0.0175. The molecule has 0 radical (unpaired) electrons. The summed E-state index contributed by atoms with van der Waals surface area (Å²) < 4.78 is 80.3. The second-order valence-electron chi connectivity index (χ2n) is 14.9. The number of aliphatic carboxylic acids is 1. The lowest BCUT2D eigenvalue weighted by Gasteiger charge is -2.22. The lowest BCUT2D eigenvalue weighted by Crippen LogP contribution is -2.50. The number of carboxylic acids is 1. The van der Waals surface area contributed by atoms with Crippen molar-refractivity contribution >= 4 is 55.6 Å². The maximum Gasteiger partial charge on any atom is 0.303 e. The summed E-state index contributed by atoms with van der Waals surface area (Å²) in [6, 6.07) is 3.77. The van der Waals surface area contributed by atoms with Crippen molar-refractivity contribution in [2.24, 2.45) is 11.7 Å². The number of carboxylic acid groups (broad SMARTS) is 1. The average Bonchev–Trinajstić information content (AvgIpc) is 3.20. The maximum atomic E-state index is 13.2. The maximum absolute atomic E-state index is 13.2. The third-order valence-electron chi connectivity index (χ3n) is 9.55. The van der Waals surface area contributed by atoms with Crippen LogP contribution in [0.1, 0.15) is 153 Å². The Labute approximate surface area is 361 Å². The number of nitrogens with one attached hydrogen (secondary N) is 3. The van der Waals surface area contributed by atoms with E-state index >= 15 is 0 Å². The van der Waals surface area contributed by atoms with Gasteiger partial charge in [-0.25, -0.2) is 5.31 Å². The van der Waals surface area contributed by atoms with Crippen molar-refractivity contribution in [3.63, 3.8) is 0 Å². The van der Waals surface area contributed by atoms with Crippen LogP contribution in [-0.4, -0.2) is 102 Å². The summed E-state index contributed by atoms with van der Waals surface area (Å²) in [5.74, 6) is -9.31. The second-order valence-corrected chi connectivity index (χ2v) is 17.9. The molecule has 352 valence electrons. The molecular weight excluding hydrogens is 844 g/mol. The smallest absolute Gasteiger partial charge is 0.303 e. The molecule has 0 aliphatic carbocycles. The SMILES string of the molecule is Cc1ccc(C(=O)NCCCCC(NC(=O)C(CC(=O)C(CS(=O)(=O)O)NC(=O)CCCCCCCCCCCCCCCCC(=O)O)CS(=O)(=O)O)C(N)=O)cc1.OF.[3H]C. The highest BCUT2D eigenvalue weighted by molar-refractivity contribution is 7.86. The Bertz CT molecular complexity index is 1690. The minimum atomic E-state index is -4.89. The van der Waals surface area contributed by atoms with Crippen molar-refractivity contribution in [1.29, 1.82) is 0 Å². The molecule has 0 aromatic heterocycles. The van der Waals surface area contributed by atoms with Crippen LogP contribution < -0.4 is 21.7 Å². The van der Waals surface area contributed by atoms with E-state index in [0.717, 1.165) is 82.6 Å². The van der Waals surface area contributed by atoms with Crippen molar-refractivity contribution in [2.45, 2.75) is 155 Å². The van der Waals surface area contributed by atoms with Crippen LogP contribution in [0.15, 0.2) is 24.3 Å². The van der Waals surface area contributed by atoms with Gasteiger partial charge in [0.1, 0.15) is 17.8 Å². The van der Waals surface area contributed by atoms with Crippen LogP contribution in [-0.2, 0) is 44.2 Å². The number of aryl methyl sites for hydroxylation is 1. The van der Waals surface area contributed by atoms with E-state index in [-0.39, 0.29) is 38.1 Å². The molecule has 9 N–H and O–H groups in total. The normalized spacial score (nSPS) is 12.8. The second kappa shape index (κ2) is 33.6. The number of rotatable bonds is 34. The van der Waals surface area contributed by atoms with Gasteiger partial charge < -0.3 is 26.8 Å². The van der Waals surface area contributed by atoms with Gasteiger partial charge in [-0.15, -0.1) is 0 Å². The van der Waals surface area contributed by atoms with E-state index in [9.17, 15) is 54.7 Å². The Balaban J connectivity index is 0. The zero-order valence-electron chi connectivity index (χ0n) is 36.4. The van der Waals surface area contributed by atoms with Crippen LogP contribution in [0, 0.1) is 12.8 Å². The van der Waals surface area contributed by atoms with Crippen molar-refractivity contribution in [3.05, 3.63) is 35.4 Å².